The first-order valence-electron chi connectivity index (χ1n) is 8.59. The third-order valence-electron chi connectivity index (χ3n) is 4.79. The van der Waals surface area contributed by atoms with Gasteiger partial charge >= 0.3 is 0 Å². The van der Waals surface area contributed by atoms with Crippen LogP contribution in [-0.4, -0.2) is 34.9 Å². The number of carbonyl (C=O) groups excluding carboxylic acids is 1. The first-order valence-corrected chi connectivity index (χ1v) is 8.59. The maximum atomic E-state index is 12.6. The van der Waals surface area contributed by atoms with Crippen LogP contribution in [0.4, 0.5) is 0 Å². The molecule has 0 saturated carbocycles. The number of amides is 1. The summed E-state index contributed by atoms with van der Waals surface area (Å²) in [7, 11) is 0. The lowest BCUT2D eigenvalue weighted by Crippen LogP contribution is -2.45. The number of likely N-dealkylation sites (tertiary alicyclic amines) is 1. The van der Waals surface area contributed by atoms with E-state index in [4.69, 9.17) is 10.2 Å². The van der Waals surface area contributed by atoms with E-state index in [0.717, 1.165) is 37.2 Å². The predicted octanol–water partition coefficient (Wildman–Crippen LogP) is 2.78. The Hall–Kier alpha value is -2.14. The Morgan fingerprint density at radius 2 is 2.17 bits per heavy atom. The SMILES string of the molecule is Cc1oc(-c2ccccc2)nc1CC(=O)N1CCCC(C(C)N)C1. The van der Waals surface area contributed by atoms with Crippen molar-refractivity contribution in [1.82, 2.24) is 9.88 Å². The topological polar surface area (TPSA) is 72.4 Å². The monoisotopic (exact) mass is 327 g/mol. The van der Waals surface area contributed by atoms with E-state index < -0.39 is 0 Å². The first-order chi connectivity index (χ1) is 11.5. The van der Waals surface area contributed by atoms with Crippen molar-refractivity contribution in [2.45, 2.75) is 39.2 Å². The summed E-state index contributed by atoms with van der Waals surface area (Å²) in [6.07, 6.45) is 2.40. The molecule has 1 aliphatic heterocycles. The highest BCUT2D eigenvalue weighted by atomic mass is 16.4. The molecule has 128 valence electrons. The van der Waals surface area contributed by atoms with E-state index in [2.05, 4.69) is 4.98 Å². The summed E-state index contributed by atoms with van der Waals surface area (Å²) < 4.78 is 5.75. The van der Waals surface area contributed by atoms with Crippen LogP contribution < -0.4 is 5.73 Å². The van der Waals surface area contributed by atoms with E-state index in [1.165, 1.54) is 0 Å². The molecule has 1 aromatic carbocycles. The molecule has 1 saturated heterocycles. The number of oxazole rings is 1. The van der Waals surface area contributed by atoms with Crippen molar-refractivity contribution in [3.8, 4) is 11.5 Å². The molecule has 2 unspecified atom stereocenters. The highest BCUT2D eigenvalue weighted by Gasteiger charge is 2.27. The first kappa shape index (κ1) is 16.7. The minimum atomic E-state index is 0.108. The second-order valence-electron chi connectivity index (χ2n) is 6.67. The maximum Gasteiger partial charge on any atom is 0.228 e. The Labute approximate surface area is 142 Å². The Morgan fingerprint density at radius 1 is 1.42 bits per heavy atom. The highest BCUT2D eigenvalue weighted by molar-refractivity contribution is 5.78. The predicted molar refractivity (Wildman–Crippen MR) is 93.3 cm³/mol. The lowest BCUT2D eigenvalue weighted by molar-refractivity contribution is -0.132. The molecule has 0 spiro atoms. The van der Waals surface area contributed by atoms with Gasteiger partial charge in [-0.25, -0.2) is 4.98 Å². The lowest BCUT2D eigenvalue weighted by atomic mass is 9.92. The van der Waals surface area contributed by atoms with Crippen LogP contribution in [0.25, 0.3) is 11.5 Å². The minimum absolute atomic E-state index is 0.108. The van der Waals surface area contributed by atoms with E-state index in [-0.39, 0.29) is 18.4 Å². The lowest BCUT2D eigenvalue weighted by Gasteiger charge is -2.34. The second-order valence-corrected chi connectivity index (χ2v) is 6.67. The van der Waals surface area contributed by atoms with Gasteiger partial charge in [0, 0.05) is 24.7 Å². The number of nitrogens with two attached hydrogens (primary N) is 1. The molecular weight excluding hydrogens is 302 g/mol. The Morgan fingerprint density at radius 3 is 2.88 bits per heavy atom. The number of piperidine rings is 1. The number of hydrogen-bond acceptors (Lipinski definition) is 4. The summed E-state index contributed by atoms with van der Waals surface area (Å²) >= 11 is 0. The largest absolute Gasteiger partial charge is 0.441 e. The standard InChI is InChI=1S/C19H25N3O2/c1-13(20)16-9-6-10-22(12-16)18(23)11-17-14(2)24-19(21-17)15-7-4-3-5-8-15/h3-5,7-8,13,16H,6,9-12,20H2,1-2H3. The minimum Gasteiger partial charge on any atom is -0.441 e. The van der Waals surface area contributed by atoms with Crippen LogP contribution in [0.15, 0.2) is 34.7 Å². The molecule has 1 amide bonds. The fraction of sp³-hybridized carbons (Fsp3) is 0.474. The van der Waals surface area contributed by atoms with Crippen molar-refractivity contribution in [2.75, 3.05) is 13.1 Å². The molecule has 0 aliphatic carbocycles. The van der Waals surface area contributed by atoms with Crippen molar-refractivity contribution in [1.29, 1.82) is 0 Å². The van der Waals surface area contributed by atoms with Crippen LogP contribution in [0.1, 0.15) is 31.2 Å². The third-order valence-corrected chi connectivity index (χ3v) is 4.79. The van der Waals surface area contributed by atoms with Crippen LogP contribution in [0.5, 0.6) is 0 Å². The van der Waals surface area contributed by atoms with Crippen LogP contribution in [0.2, 0.25) is 0 Å². The van der Waals surface area contributed by atoms with Gasteiger partial charge in [0.2, 0.25) is 11.8 Å². The number of rotatable bonds is 4. The smallest absolute Gasteiger partial charge is 0.228 e. The molecule has 0 bridgehead atoms. The quantitative estimate of drug-likeness (QED) is 0.937. The van der Waals surface area contributed by atoms with Crippen LogP contribution >= 0.6 is 0 Å². The van der Waals surface area contributed by atoms with Crippen LogP contribution in [0, 0.1) is 12.8 Å². The van der Waals surface area contributed by atoms with Crippen molar-refractivity contribution in [2.24, 2.45) is 11.7 Å². The van der Waals surface area contributed by atoms with Gasteiger partial charge in [-0.1, -0.05) is 18.2 Å². The fourth-order valence-electron chi connectivity index (χ4n) is 3.22. The molecule has 0 radical (unpaired) electrons. The van der Waals surface area contributed by atoms with Gasteiger partial charge in [-0.2, -0.15) is 0 Å². The van der Waals surface area contributed by atoms with Crippen molar-refractivity contribution < 1.29 is 9.21 Å². The molecule has 1 aliphatic rings. The van der Waals surface area contributed by atoms with Crippen LogP contribution in [-0.2, 0) is 11.2 Å². The average molecular weight is 327 g/mol. The van der Waals surface area contributed by atoms with Gasteiger partial charge in [0.25, 0.3) is 0 Å². The van der Waals surface area contributed by atoms with Crippen molar-refractivity contribution >= 4 is 5.91 Å². The summed E-state index contributed by atoms with van der Waals surface area (Å²) in [4.78, 5) is 19.1. The van der Waals surface area contributed by atoms with Gasteiger partial charge in [0.15, 0.2) is 0 Å². The fourth-order valence-corrected chi connectivity index (χ4v) is 3.22. The molecular formula is C19H25N3O2. The normalized spacial score (nSPS) is 19.3. The van der Waals surface area contributed by atoms with Crippen LogP contribution in [0.3, 0.4) is 0 Å². The van der Waals surface area contributed by atoms with E-state index in [1.807, 2.05) is 49.1 Å². The summed E-state index contributed by atoms with van der Waals surface area (Å²) in [6.45, 7) is 5.44. The highest BCUT2D eigenvalue weighted by Crippen LogP contribution is 2.23. The summed E-state index contributed by atoms with van der Waals surface area (Å²) in [5.41, 5.74) is 7.66. The molecule has 2 atom stereocenters. The molecule has 5 nitrogen and oxygen atoms in total. The van der Waals surface area contributed by atoms with E-state index in [0.29, 0.717) is 17.6 Å². The molecule has 2 N–H and O–H groups in total. The zero-order chi connectivity index (χ0) is 17.1. The molecule has 1 fully saturated rings. The molecule has 2 aromatic rings. The third kappa shape index (κ3) is 3.67. The van der Waals surface area contributed by atoms with Gasteiger partial charge in [-0.15, -0.1) is 0 Å². The van der Waals surface area contributed by atoms with Gasteiger partial charge in [-0.3, -0.25) is 4.79 Å². The van der Waals surface area contributed by atoms with Gasteiger partial charge in [-0.05, 0) is 44.7 Å². The van der Waals surface area contributed by atoms with Crippen molar-refractivity contribution in [3.63, 3.8) is 0 Å². The molecule has 24 heavy (non-hydrogen) atoms. The summed E-state index contributed by atoms with van der Waals surface area (Å²) in [5, 5.41) is 0. The molecule has 2 heterocycles. The average Bonchev–Trinajstić information content (AvgIpc) is 2.96. The van der Waals surface area contributed by atoms with Gasteiger partial charge < -0.3 is 15.1 Å². The number of carbonyl (C=O) groups is 1. The maximum absolute atomic E-state index is 12.6. The number of benzene rings is 1. The zero-order valence-corrected chi connectivity index (χ0v) is 14.4. The molecule has 5 heteroatoms. The van der Waals surface area contributed by atoms with Gasteiger partial charge in [0.05, 0.1) is 12.1 Å². The summed E-state index contributed by atoms with van der Waals surface area (Å²) in [5.74, 6) is 1.78. The summed E-state index contributed by atoms with van der Waals surface area (Å²) in [6, 6.07) is 9.88. The number of aryl methyl sites for hydroxylation is 1. The van der Waals surface area contributed by atoms with E-state index in [9.17, 15) is 4.79 Å². The Bertz CT molecular complexity index is 694. The zero-order valence-electron chi connectivity index (χ0n) is 14.4. The Balaban J connectivity index is 1.70. The van der Waals surface area contributed by atoms with Gasteiger partial charge in [0.1, 0.15) is 5.76 Å². The number of aromatic nitrogens is 1. The number of nitrogens with zero attached hydrogens (tertiary/aromatic N) is 2. The van der Waals surface area contributed by atoms with Crippen molar-refractivity contribution in [3.05, 3.63) is 41.8 Å². The van der Waals surface area contributed by atoms with E-state index >= 15 is 0 Å². The molecule has 3 rings (SSSR count). The second kappa shape index (κ2) is 7.18. The van der Waals surface area contributed by atoms with E-state index in [1.54, 1.807) is 0 Å². The number of hydrogen-bond donors (Lipinski definition) is 1. The molecule has 1 aromatic heterocycles. The Kier molecular flexibility index (Phi) is 5.00.